The molecule has 1 unspecified atom stereocenters. The van der Waals surface area contributed by atoms with Crippen molar-refractivity contribution in [1.29, 1.82) is 0 Å². The predicted octanol–water partition coefficient (Wildman–Crippen LogP) is 2.44. The summed E-state index contributed by atoms with van der Waals surface area (Å²) in [6, 6.07) is 6.00. The molecule has 14 heavy (non-hydrogen) atoms. The molecule has 1 aromatic carbocycles. The van der Waals surface area contributed by atoms with E-state index in [1.807, 2.05) is 32.0 Å². The number of hydrogen-bond acceptors (Lipinski definition) is 2. The lowest BCUT2D eigenvalue weighted by Gasteiger charge is -2.13. The summed E-state index contributed by atoms with van der Waals surface area (Å²) in [6.45, 7) is 4.34. The van der Waals surface area contributed by atoms with Crippen molar-refractivity contribution in [2.45, 2.75) is 20.0 Å². The van der Waals surface area contributed by atoms with Gasteiger partial charge in [0.2, 0.25) is 0 Å². The van der Waals surface area contributed by atoms with Crippen molar-refractivity contribution in [3.05, 3.63) is 29.3 Å². The number of ether oxygens (including phenoxy) is 1. The highest BCUT2D eigenvalue weighted by atomic mass is 79.9. The summed E-state index contributed by atoms with van der Waals surface area (Å²) in [5.74, 6) is 0.882. The van der Waals surface area contributed by atoms with Gasteiger partial charge in [-0.05, 0) is 25.0 Å². The normalized spacial score (nSPS) is 12.6. The zero-order chi connectivity index (χ0) is 10.6. The quantitative estimate of drug-likeness (QED) is 0.841. The molecule has 78 valence electrons. The third kappa shape index (κ3) is 3.00. The molecule has 0 bridgehead atoms. The van der Waals surface area contributed by atoms with Crippen molar-refractivity contribution >= 4 is 15.9 Å². The molecule has 0 fully saturated rings. The van der Waals surface area contributed by atoms with Crippen LogP contribution in [0.4, 0.5) is 0 Å². The second kappa shape index (κ2) is 5.37. The van der Waals surface area contributed by atoms with Gasteiger partial charge in [0, 0.05) is 5.33 Å². The fourth-order valence-corrected chi connectivity index (χ4v) is 1.44. The third-order valence-electron chi connectivity index (χ3n) is 2.01. The van der Waals surface area contributed by atoms with E-state index in [1.54, 1.807) is 0 Å². The van der Waals surface area contributed by atoms with Gasteiger partial charge in [-0.2, -0.15) is 0 Å². The highest BCUT2D eigenvalue weighted by Crippen LogP contribution is 2.22. The predicted molar refractivity (Wildman–Crippen MR) is 61.2 cm³/mol. The molecule has 1 rings (SSSR count). The Morgan fingerprint density at radius 1 is 1.36 bits per heavy atom. The van der Waals surface area contributed by atoms with Crippen LogP contribution in [0.3, 0.4) is 0 Å². The summed E-state index contributed by atoms with van der Waals surface area (Å²) < 4.78 is 5.54. The molecule has 0 aliphatic rings. The minimum Gasteiger partial charge on any atom is -0.490 e. The van der Waals surface area contributed by atoms with Crippen LogP contribution in [0.5, 0.6) is 5.75 Å². The molecule has 2 nitrogen and oxygen atoms in total. The number of aliphatic hydroxyl groups is 1. The van der Waals surface area contributed by atoms with Crippen molar-refractivity contribution in [3.8, 4) is 5.75 Å². The summed E-state index contributed by atoms with van der Waals surface area (Å²) in [7, 11) is 0. The number of halogens is 1. The molecule has 0 radical (unpaired) electrons. The van der Waals surface area contributed by atoms with E-state index < -0.39 is 6.10 Å². The molecule has 0 aliphatic heterocycles. The molecule has 3 heteroatoms. The molecule has 0 amide bonds. The second-order valence-corrected chi connectivity index (χ2v) is 3.99. The monoisotopic (exact) mass is 258 g/mol. The van der Waals surface area contributed by atoms with Crippen LogP contribution in [0, 0.1) is 13.8 Å². The third-order valence-corrected chi connectivity index (χ3v) is 2.75. The second-order valence-electron chi connectivity index (χ2n) is 3.34. The van der Waals surface area contributed by atoms with Gasteiger partial charge in [0.1, 0.15) is 12.4 Å². The van der Waals surface area contributed by atoms with Gasteiger partial charge in [-0.3, -0.25) is 0 Å². The minimum absolute atomic E-state index is 0.330. The van der Waals surface area contributed by atoms with Crippen LogP contribution in [-0.2, 0) is 0 Å². The Bertz CT molecular complexity index is 279. The lowest BCUT2D eigenvalue weighted by atomic mass is 10.1. The van der Waals surface area contributed by atoms with Gasteiger partial charge in [-0.25, -0.2) is 0 Å². The van der Waals surface area contributed by atoms with Gasteiger partial charge in [-0.15, -0.1) is 0 Å². The Kier molecular flexibility index (Phi) is 4.42. The number of hydrogen-bond donors (Lipinski definition) is 1. The van der Waals surface area contributed by atoms with E-state index in [1.165, 1.54) is 0 Å². The van der Waals surface area contributed by atoms with E-state index in [9.17, 15) is 5.11 Å². The average molecular weight is 259 g/mol. The van der Waals surface area contributed by atoms with Crippen LogP contribution in [0.15, 0.2) is 18.2 Å². The highest BCUT2D eigenvalue weighted by molar-refractivity contribution is 9.09. The summed E-state index contributed by atoms with van der Waals surface area (Å²) in [5, 5.41) is 9.87. The molecule has 1 atom stereocenters. The van der Waals surface area contributed by atoms with Crippen molar-refractivity contribution < 1.29 is 9.84 Å². The maximum Gasteiger partial charge on any atom is 0.125 e. The zero-order valence-corrected chi connectivity index (χ0v) is 10.0. The van der Waals surface area contributed by atoms with Crippen LogP contribution in [-0.4, -0.2) is 23.1 Å². The van der Waals surface area contributed by atoms with E-state index in [-0.39, 0.29) is 0 Å². The van der Waals surface area contributed by atoms with Gasteiger partial charge in [0.15, 0.2) is 0 Å². The first kappa shape index (κ1) is 11.5. The lowest BCUT2D eigenvalue weighted by molar-refractivity contribution is 0.126. The molecule has 0 aromatic heterocycles. The molecular weight excluding hydrogens is 244 g/mol. The fourth-order valence-electron chi connectivity index (χ4n) is 1.25. The van der Waals surface area contributed by atoms with Crippen LogP contribution in [0.2, 0.25) is 0 Å². The average Bonchev–Trinajstić information content (AvgIpc) is 2.16. The summed E-state index contributed by atoms with van der Waals surface area (Å²) >= 11 is 3.20. The smallest absolute Gasteiger partial charge is 0.125 e. The molecule has 0 aliphatic carbocycles. The number of alkyl halides is 1. The Morgan fingerprint density at radius 3 is 2.43 bits per heavy atom. The molecule has 0 saturated heterocycles. The van der Waals surface area contributed by atoms with Crippen LogP contribution in [0.25, 0.3) is 0 Å². The standard InChI is InChI=1S/C11H15BrO2/c1-8-4-3-5-9(2)11(8)14-7-10(13)6-12/h3-5,10,13H,6-7H2,1-2H3. The SMILES string of the molecule is Cc1cccc(C)c1OCC(O)CBr. The van der Waals surface area contributed by atoms with Crippen molar-refractivity contribution in [3.63, 3.8) is 0 Å². The van der Waals surface area contributed by atoms with Crippen molar-refractivity contribution in [1.82, 2.24) is 0 Å². The molecule has 0 heterocycles. The zero-order valence-electron chi connectivity index (χ0n) is 8.46. The molecule has 1 aromatic rings. The van der Waals surface area contributed by atoms with Crippen molar-refractivity contribution in [2.24, 2.45) is 0 Å². The lowest BCUT2D eigenvalue weighted by Crippen LogP contribution is -2.19. The van der Waals surface area contributed by atoms with Crippen LogP contribution < -0.4 is 4.74 Å². The first-order chi connectivity index (χ1) is 6.65. The van der Waals surface area contributed by atoms with E-state index >= 15 is 0 Å². The summed E-state index contributed by atoms with van der Waals surface area (Å²) in [5.41, 5.74) is 2.21. The topological polar surface area (TPSA) is 29.5 Å². The highest BCUT2D eigenvalue weighted by Gasteiger charge is 2.06. The summed E-state index contributed by atoms with van der Waals surface area (Å²) in [4.78, 5) is 0. The molecular formula is C11H15BrO2. The molecule has 1 N–H and O–H groups in total. The van der Waals surface area contributed by atoms with Crippen LogP contribution >= 0.6 is 15.9 Å². The first-order valence-electron chi connectivity index (χ1n) is 4.58. The Labute approximate surface area is 93.0 Å². The number of aryl methyl sites for hydroxylation is 2. The molecule has 0 spiro atoms. The van der Waals surface area contributed by atoms with Gasteiger partial charge in [0.25, 0.3) is 0 Å². The number of benzene rings is 1. The van der Waals surface area contributed by atoms with Crippen LogP contribution in [0.1, 0.15) is 11.1 Å². The minimum atomic E-state index is -0.450. The van der Waals surface area contributed by atoms with Gasteiger partial charge in [0.05, 0.1) is 6.10 Å². The first-order valence-corrected chi connectivity index (χ1v) is 5.70. The maximum absolute atomic E-state index is 9.33. The molecule has 0 saturated carbocycles. The Hall–Kier alpha value is -0.540. The number of para-hydroxylation sites is 1. The van der Waals surface area contributed by atoms with Crippen molar-refractivity contribution in [2.75, 3.05) is 11.9 Å². The number of rotatable bonds is 4. The Morgan fingerprint density at radius 2 is 1.93 bits per heavy atom. The largest absolute Gasteiger partial charge is 0.490 e. The van der Waals surface area contributed by atoms with E-state index in [4.69, 9.17) is 4.74 Å². The van der Waals surface area contributed by atoms with Gasteiger partial charge < -0.3 is 9.84 Å². The van der Waals surface area contributed by atoms with E-state index in [0.717, 1.165) is 16.9 Å². The summed E-state index contributed by atoms with van der Waals surface area (Å²) in [6.07, 6.45) is -0.450. The maximum atomic E-state index is 9.33. The van der Waals surface area contributed by atoms with Gasteiger partial charge in [-0.1, -0.05) is 34.1 Å². The fraction of sp³-hybridized carbons (Fsp3) is 0.455. The van der Waals surface area contributed by atoms with E-state index in [0.29, 0.717) is 11.9 Å². The Balaban J connectivity index is 2.66. The van der Waals surface area contributed by atoms with Gasteiger partial charge >= 0.3 is 0 Å². The van der Waals surface area contributed by atoms with E-state index in [2.05, 4.69) is 15.9 Å². The number of aliphatic hydroxyl groups excluding tert-OH is 1.